The summed E-state index contributed by atoms with van der Waals surface area (Å²) in [7, 11) is 0. The van der Waals surface area contributed by atoms with Gasteiger partial charge in [0.1, 0.15) is 12.0 Å². The highest BCUT2D eigenvalue weighted by atomic mass is 19.1. The Hall–Kier alpha value is -1.23. The average Bonchev–Trinajstić information content (AvgIpc) is 2.64. The molecule has 2 atom stereocenters. The Labute approximate surface area is 101 Å². The second kappa shape index (κ2) is 4.56. The quantitative estimate of drug-likeness (QED) is 0.856. The first kappa shape index (κ1) is 12.2. The van der Waals surface area contributed by atoms with E-state index in [2.05, 4.69) is 36.3 Å². The number of aromatic nitrogens is 2. The molecule has 0 amide bonds. The molecule has 0 bridgehead atoms. The fourth-order valence-corrected chi connectivity index (χ4v) is 1.66. The second-order valence-electron chi connectivity index (χ2n) is 5.36. The second-order valence-corrected chi connectivity index (χ2v) is 5.36. The lowest BCUT2D eigenvalue weighted by atomic mass is 9.92. The molecule has 2 heterocycles. The third-order valence-corrected chi connectivity index (χ3v) is 2.78. The van der Waals surface area contributed by atoms with Gasteiger partial charge in [-0.15, -0.1) is 5.10 Å². The van der Waals surface area contributed by atoms with Crippen molar-refractivity contribution in [2.24, 2.45) is 0 Å². The molecule has 5 heteroatoms. The van der Waals surface area contributed by atoms with Gasteiger partial charge in [0.2, 0.25) is 0 Å². The van der Waals surface area contributed by atoms with Crippen molar-refractivity contribution in [1.82, 2.24) is 10.2 Å². The number of hydrogen-bond donors (Lipinski definition) is 1. The molecule has 4 nitrogen and oxygen atoms in total. The van der Waals surface area contributed by atoms with E-state index in [9.17, 15) is 4.39 Å². The fourth-order valence-electron chi connectivity index (χ4n) is 1.66. The van der Waals surface area contributed by atoms with Gasteiger partial charge in [0.15, 0.2) is 0 Å². The van der Waals surface area contributed by atoms with E-state index < -0.39 is 6.17 Å². The zero-order chi connectivity index (χ0) is 12.5. The molecule has 0 aliphatic carbocycles. The number of alkyl halides is 1. The Balaban J connectivity index is 2.03. The SMILES string of the molecule is CC(C)(C)c1ccc(NC2COCC2F)nn1. The molecular formula is C12H18FN3O. The number of nitrogens with zero attached hydrogens (tertiary/aromatic N) is 2. The van der Waals surface area contributed by atoms with Crippen molar-refractivity contribution in [3.05, 3.63) is 17.8 Å². The summed E-state index contributed by atoms with van der Waals surface area (Å²) < 4.78 is 18.3. The summed E-state index contributed by atoms with van der Waals surface area (Å²) in [6.07, 6.45) is -0.973. The van der Waals surface area contributed by atoms with Crippen molar-refractivity contribution < 1.29 is 9.13 Å². The molecule has 1 fully saturated rings. The van der Waals surface area contributed by atoms with Gasteiger partial charge < -0.3 is 10.1 Å². The molecule has 0 saturated carbocycles. The zero-order valence-electron chi connectivity index (χ0n) is 10.4. The molecule has 1 aliphatic heterocycles. The lowest BCUT2D eigenvalue weighted by Gasteiger charge is -2.18. The average molecular weight is 239 g/mol. The van der Waals surface area contributed by atoms with Crippen LogP contribution in [-0.4, -0.2) is 35.6 Å². The van der Waals surface area contributed by atoms with E-state index >= 15 is 0 Å². The summed E-state index contributed by atoms with van der Waals surface area (Å²) in [5, 5.41) is 11.2. The van der Waals surface area contributed by atoms with Gasteiger partial charge in [-0.3, -0.25) is 0 Å². The minimum absolute atomic E-state index is 0.0232. The molecule has 2 unspecified atom stereocenters. The van der Waals surface area contributed by atoms with Crippen LogP contribution in [0.5, 0.6) is 0 Å². The fraction of sp³-hybridized carbons (Fsp3) is 0.667. The van der Waals surface area contributed by atoms with Gasteiger partial charge in [-0.1, -0.05) is 20.8 Å². The molecule has 1 N–H and O–H groups in total. The van der Waals surface area contributed by atoms with Crippen molar-refractivity contribution in [2.75, 3.05) is 18.5 Å². The molecule has 1 aliphatic rings. The van der Waals surface area contributed by atoms with Gasteiger partial charge in [-0.2, -0.15) is 5.10 Å². The van der Waals surface area contributed by atoms with Crippen LogP contribution in [0.3, 0.4) is 0 Å². The Kier molecular flexibility index (Phi) is 3.28. The number of nitrogens with one attached hydrogen (secondary N) is 1. The maximum Gasteiger partial charge on any atom is 0.149 e. The lowest BCUT2D eigenvalue weighted by molar-refractivity contribution is 0.173. The van der Waals surface area contributed by atoms with E-state index in [-0.39, 0.29) is 18.1 Å². The monoisotopic (exact) mass is 239 g/mol. The first-order chi connectivity index (χ1) is 7.97. The van der Waals surface area contributed by atoms with Gasteiger partial charge >= 0.3 is 0 Å². The Morgan fingerprint density at radius 1 is 1.29 bits per heavy atom. The normalized spacial score (nSPS) is 24.9. The lowest BCUT2D eigenvalue weighted by Crippen LogP contribution is -2.29. The molecule has 1 saturated heterocycles. The molecule has 2 rings (SSSR count). The highest BCUT2D eigenvalue weighted by molar-refractivity contribution is 5.36. The minimum Gasteiger partial charge on any atom is -0.376 e. The predicted octanol–water partition coefficient (Wildman–Crippen LogP) is 1.92. The first-order valence-corrected chi connectivity index (χ1v) is 5.79. The van der Waals surface area contributed by atoms with E-state index in [1.165, 1.54) is 0 Å². The number of anilines is 1. The molecule has 1 aromatic rings. The minimum atomic E-state index is -0.973. The number of halogens is 1. The van der Waals surface area contributed by atoms with Crippen LogP contribution in [0.4, 0.5) is 10.2 Å². The van der Waals surface area contributed by atoms with Crippen LogP contribution in [-0.2, 0) is 10.2 Å². The summed E-state index contributed by atoms with van der Waals surface area (Å²) in [6, 6.07) is 3.43. The zero-order valence-corrected chi connectivity index (χ0v) is 10.4. The molecule has 0 radical (unpaired) electrons. The molecule has 94 valence electrons. The highest BCUT2D eigenvalue weighted by Gasteiger charge is 2.28. The number of rotatable bonds is 2. The summed E-state index contributed by atoms with van der Waals surface area (Å²) in [6.45, 7) is 6.76. The molecule has 0 spiro atoms. The van der Waals surface area contributed by atoms with E-state index in [0.717, 1.165) is 5.69 Å². The maximum atomic E-state index is 13.3. The van der Waals surface area contributed by atoms with Gasteiger partial charge in [0.25, 0.3) is 0 Å². The van der Waals surface area contributed by atoms with Gasteiger partial charge in [-0.05, 0) is 12.1 Å². The summed E-state index contributed by atoms with van der Waals surface area (Å²) >= 11 is 0. The smallest absolute Gasteiger partial charge is 0.149 e. The van der Waals surface area contributed by atoms with Crippen LogP contribution in [0.15, 0.2) is 12.1 Å². The van der Waals surface area contributed by atoms with Crippen LogP contribution < -0.4 is 5.32 Å². The molecule has 17 heavy (non-hydrogen) atoms. The van der Waals surface area contributed by atoms with Crippen molar-refractivity contribution in [3.8, 4) is 0 Å². The van der Waals surface area contributed by atoms with Crippen LogP contribution in [0.25, 0.3) is 0 Å². The maximum absolute atomic E-state index is 13.3. The molecule has 0 aromatic carbocycles. The van der Waals surface area contributed by atoms with Crippen LogP contribution in [0.1, 0.15) is 26.5 Å². The van der Waals surface area contributed by atoms with Crippen molar-refractivity contribution in [2.45, 2.75) is 38.4 Å². The third-order valence-electron chi connectivity index (χ3n) is 2.78. The topological polar surface area (TPSA) is 47.0 Å². The van der Waals surface area contributed by atoms with E-state index in [1.807, 2.05) is 12.1 Å². The molecular weight excluding hydrogens is 221 g/mol. The highest BCUT2D eigenvalue weighted by Crippen LogP contribution is 2.20. The van der Waals surface area contributed by atoms with Gasteiger partial charge in [0, 0.05) is 5.41 Å². The predicted molar refractivity (Wildman–Crippen MR) is 63.9 cm³/mol. The van der Waals surface area contributed by atoms with E-state index in [1.54, 1.807) is 0 Å². The van der Waals surface area contributed by atoms with Crippen molar-refractivity contribution >= 4 is 5.82 Å². The van der Waals surface area contributed by atoms with E-state index in [0.29, 0.717) is 12.4 Å². The van der Waals surface area contributed by atoms with Gasteiger partial charge in [-0.25, -0.2) is 4.39 Å². The summed E-state index contributed by atoms with van der Waals surface area (Å²) in [4.78, 5) is 0. The standard InChI is InChI=1S/C12H18FN3O/c1-12(2,3)10-4-5-11(16-15-10)14-9-7-17-6-8(9)13/h4-5,8-9H,6-7H2,1-3H3,(H,14,16). The van der Waals surface area contributed by atoms with E-state index in [4.69, 9.17) is 4.74 Å². The third kappa shape index (κ3) is 2.91. The largest absolute Gasteiger partial charge is 0.376 e. The van der Waals surface area contributed by atoms with Crippen LogP contribution in [0, 0.1) is 0 Å². The first-order valence-electron chi connectivity index (χ1n) is 5.79. The molecule has 1 aromatic heterocycles. The Morgan fingerprint density at radius 3 is 2.53 bits per heavy atom. The number of ether oxygens (including phenoxy) is 1. The Morgan fingerprint density at radius 2 is 2.06 bits per heavy atom. The van der Waals surface area contributed by atoms with Crippen LogP contribution in [0.2, 0.25) is 0 Å². The van der Waals surface area contributed by atoms with Gasteiger partial charge in [0.05, 0.1) is 24.9 Å². The Bertz CT molecular complexity index is 374. The van der Waals surface area contributed by atoms with Crippen LogP contribution >= 0.6 is 0 Å². The summed E-state index contributed by atoms with van der Waals surface area (Å²) in [5.41, 5.74) is 0.896. The van der Waals surface area contributed by atoms with Crippen molar-refractivity contribution in [3.63, 3.8) is 0 Å². The summed E-state index contributed by atoms with van der Waals surface area (Å²) in [5.74, 6) is 0.594. The van der Waals surface area contributed by atoms with Crippen molar-refractivity contribution in [1.29, 1.82) is 0 Å². The number of hydrogen-bond acceptors (Lipinski definition) is 4.